The van der Waals surface area contributed by atoms with E-state index in [1.165, 1.54) is 6.42 Å². The SMILES string of the molecule is COc1ccc2cc(C(=N)C3CCCN(C4CCCC(O)C4)C3)ccc2c1. The molecule has 2 aliphatic rings. The van der Waals surface area contributed by atoms with Crippen molar-refractivity contribution in [3.05, 3.63) is 42.0 Å². The minimum atomic E-state index is -0.138. The lowest BCUT2D eigenvalue weighted by Gasteiger charge is -2.41. The quantitative estimate of drug-likeness (QED) is 0.796. The van der Waals surface area contributed by atoms with E-state index in [1.54, 1.807) is 7.11 Å². The molecule has 1 saturated carbocycles. The molecule has 3 unspecified atom stereocenters. The first-order valence-corrected chi connectivity index (χ1v) is 10.2. The van der Waals surface area contributed by atoms with Gasteiger partial charge < -0.3 is 15.3 Å². The van der Waals surface area contributed by atoms with Crippen LogP contribution in [0, 0.1) is 11.3 Å². The van der Waals surface area contributed by atoms with Crippen LogP contribution in [-0.4, -0.2) is 48.1 Å². The molecule has 0 amide bonds. The van der Waals surface area contributed by atoms with Gasteiger partial charge in [-0.05, 0) is 79.6 Å². The van der Waals surface area contributed by atoms with Crippen molar-refractivity contribution >= 4 is 16.5 Å². The molecule has 4 heteroatoms. The highest BCUT2D eigenvalue weighted by Crippen LogP contribution is 2.30. The van der Waals surface area contributed by atoms with Gasteiger partial charge in [-0.1, -0.05) is 18.2 Å². The zero-order valence-corrected chi connectivity index (χ0v) is 16.2. The summed E-state index contributed by atoms with van der Waals surface area (Å²) in [6, 6.07) is 12.9. The number of fused-ring (bicyclic) bond motifs is 1. The number of nitrogens with one attached hydrogen (secondary N) is 1. The summed E-state index contributed by atoms with van der Waals surface area (Å²) >= 11 is 0. The standard InChI is InChI=1S/C23H30N2O2/c1-27-22-10-9-16-12-18(8-7-17(16)13-22)23(24)19-4-3-11-25(15-19)20-5-2-6-21(26)14-20/h7-10,12-13,19-21,24,26H,2-6,11,14-15H2,1H3. The number of hydrogen-bond acceptors (Lipinski definition) is 4. The lowest BCUT2D eigenvalue weighted by atomic mass is 9.85. The lowest BCUT2D eigenvalue weighted by molar-refractivity contribution is 0.0474. The molecule has 1 saturated heterocycles. The number of methoxy groups -OCH3 is 1. The number of rotatable bonds is 4. The van der Waals surface area contributed by atoms with Crippen molar-refractivity contribution < 1.29 is 9.84 Å². The van der Waals surface area contributed by atoms with E-state index in [-0.39, 0.29) is 12.0 Å². The Kier molecular flexibility index (Phi) is 5.46. The number of likely N-dealkylation sites (tertiary alicyclic amines) is 1. The van der Waals surface area contributed by atoms with Crippen LogP contribution in [0.1, 0.15) is 44.1 Å². The van der Waals surface area contributed by atoms with E-state index in [1.807, 2.05) is 12.1 Å². The van der Waals surface area contributed by atoms with E-state index in [0.29, 0.717) is 6.04 Å². The molecule has 144 valence electrons. The molecule has 1 heterocycles. The fraction of sp³-hybridized carbons (Fsp3) is 0.522. The van der Waals surface area contributed by atoms with Gasteiger partial charge in [-0.3, -0.25) is 4.90 Å². The summed E-state index contributed by atoms with van der Waals surface area (Å²) in [6.45, 7) is 2.07. The van der Waals surface area contributed by atoms with Crippen LogP contribution >= 0.6 is 0 Å². The van der Waals surface area contributed by atoms with Crippen LogP contribution in [0.2, 0.25) is 0 Å². The highest BCUT2D eigenvalue weighted by Gasteiger charge is 2.31. The number of aliphatic hydroxyl groups is 1. The van der Waals surface area contributed by atoms with Crippen LogP contribution in [0.15, 0.2) is 36.4 Å². The molecular formula is C23H30N2O2. The van der Waals surface area contributed by atoms with E-state index < -0.39 is 0 Å². The Morgan fingerprint density at radius 1 is 1.07 bits per heavy atom. The second-order valence-corrected chi connectivity index (χ2v) is 8.15. The van der Waals surface area contributed by atoms with E-state index in [0.717, 1.165) is 73.0 Å². The summed E-state index contributed by atoms with van der Waals surface area (Å²) < 4.78 is 5.31. The average Bonchev–Trinajstić information content (AvgIpc) is 2.72. The number of piperidine rings is 1. The first-order chi connectivity index (χ1) is 13.1. The first-order valence-electron chi connectivity index (χ1n) is 10.2. The second-order valence-electron chi connectivity index (χ2n) is 8.15. The number of hydrogen-bond donors (Lipinski definition) is 2. The van der Waals surface area contributed by atoms with Gasteiger partial charge in [0.2, 0.25) is 0 Å². The molecule has 0 spiro atoms. The Morgan fingerprint density at radius 2 is 1.89 bits per heavy atom. The normalized spacial score (nSPS) is 26.8. The molecule has 0 aromatic heterocycles. The number of benzene rings is 2. The smallest absolute Gasteiger partial charge is 0.119 e. The van der Waals surface area contributed by atoms with Crippen LogP contribution in [0.4, 0.5) is 0 Å². The fourth-order valence-corrected chi connectivity index (χ4v) is 4.80. The second kappa shape index (κ2) is 7.99. The predicted molar refractivity (Wildman–Crippen MR) is 110 cm³/mol. The van der Waals surface area contributed by atoms with E-state index in [2.05, 4.69) is 29.2 Å². The molecule has 4 rings (SSSR count). The van der Waals surface area contributed by atoms with Crippen LogP contribution < -0.4 is 4.74 Å². The van der Waals surface area contributed by atoms with Gasteiger partial charge in [0.25, 0.3) is 0 Å². The monoisotopic (exact) mass is 366 g/mol. The van der Waals surface area contributed by atoms with Crippen molar-refractivity contribution in [1.29, 1.82) is 5.41 Å². The van der Waals surface area contributed by atoms with Gasteiger partial charge in [-0.2, -0.15) is 0 Å². The van der Waals surface area contributed by atoms with Crippen molar-refractivity contribution in [3.63, 3.8) is 0 Å². The van der Waals surface area contributed by atoms with Gasteiger partial charge in [0.1, 0.15) is 5.75 Å². The minimum Gasteiger partial charge on any atom is -0.497 e. The van der Waals surface area contributed by atoms with Crippen molar-refractivity contribution in [2.75, 3.05) is 20.2 Å². The molecule has 1 aliphatic heterocycles. The molecule has 27 heavy (non-hydrogen) atoms. The van der Waals surface area contributed by atoms with Gasteiger partial charge in [-0.15, -0.1) is 0 Å². The maximum Gasteiger partial charge on any atom is 0.119 e. The van der Waals surface area contributed by atoms with Crippen LogP contribution in [0.25, 0.3) is 10.8 Å². The van der Waals surface area contributed by atoms with Gasteiger partial charge >= 0.3 is 0 Å². The Bertz CT molecular complexity index is 819. The van der Waals surface area contributed by atoms with E-state index in [9.17, 15) is 5.11 Å². The highest BCUT2D eigenvalue weighted by atomic mass is 16.5. The summed E-state index contributed by atoms with van der Waals surface area (Å²) in [5, 5.41) is 21.1. The van der Waals surface area contributed by atoms with Crippen LogP contribution in [0.5, 0.6) is 5.75 Å². The van der Waals surface area contributed by atoms with Crippen LogP contribution in [0.3, 0.4) is 0 Å². The van der Waals surface area contributed by atoms with Gasteiger partial charge in [0, 0.05) is 24.2 Å². The van der Waals surface area contributed by atoms with Crippen molar-refractivity contribution in [3.8, 4) is 5.75 Å². The maximum absolute atomic E-state index is 10.0. The van der Waals surface area contributed by atoms with E-state index in [4.69, 9.17) is 10.1 Å². The van der Waals surface area contributed by atoms with Gasteiger partial charge in [0.15, 0.2) is 0 Å². The van der Waals surface area contributed by atoms with Crippen molar-refractivity contribution in [2.45, 2.75) is 50.7 Å². The topological polar surface area (TPSA) is 56.5 Å². The van der Waals surface area contributed by atoms with Crippen LogP contribution in [-0.2, 0) is 0 Å². The third kappa shape index (κ3) is 4.02. The van der Waals surface area contributed by atoms with Crippen molar-refractivity contribution in [1.82, 2.24) is 4.90 Å². The zero-order valence-electron chi connectivity index (χ0n) is 16.2. The Balaban J connectivity index is 1.49. The number of aliphatic hydroxyl groups excluding tert-OH is 1. The molecular weight excluding hydrogens is 336 g/mol. The summed E-state index contributed by atoms with van der Waals surface area (Å²) in [7, 11) is 1.69. The lowest BCUT2D eigenvalue weighted by Crippen LogP contribution is -2.47. The molecule has 2 aromatic rings. The summed E-state index contributed by atoms with van der Waals surface area (Å²) in [4.78, 5) is 2.54. The van der Waals surface area contributed by atoms with E-state index >= 15 is 0 Å². The summed E-state index contributed by atoms with van der Waals surface area (Å²) in [5.41, 5.74) is 1.79. The zero-order chi connectivity index (χ0) is 18.8. The predicted octanol–water partition coefficient (Wildman–Crippen LogP) is 4.23. The third-order valence-corrected chi connectivity index (χ3v) is 6.35. The molecule has 4 nitrogen and oxygen atoms in total. The number of ether oxygens (including phenoxy) is 1. The van der Waals surface area contributed by atoms with Gasteiger partial charge in [0.05, 0.1) is 13.2 Å². The molecule has 2 aromatic carbocycles. The fourth-order valence-electron chi connectivity index (χ4n) is 4.80. The average molecular weight is 367 g/mol. The summed E-state index contributed by atoms with van der Waals surface area (Å²) in [6.07, 6.45) is 6.26. The minimum absolute atomic E-state index is 0.138. The largest absolute Gasteiger partial charge is 0.497 e. The molecule has 0 radical (unpaired) electrons. The molecule has 3 atom stereocenters. The third-order valence-electron chi connectivity index (χ3n) is 6.35. The molecule has 2 fully saturated rings. The molecule has 2 N–H and O–H groups in total. The highest BCUT2D eigenvalue weighted by molar-refractivity contribution is 6.03. The van der Waals surface area contributed by atoms with Gasteiger partial charge in [-0.25, -0.2) is 0 Å². The first kappa shape index (κ1) is 18.5. The summed E-state index contributed by atoms with van der Waals surface area (Å²) in [5.74, 6) is 1.15. The maximum atomic E-state index is 10.0. The Morgan fingerprint density at radius 3 is 2.70 bits per heavy atom. The molecule has 1 aliphatic carbocycles. The van der Waals surface area contributed by atoms with Crippen molar-refractivity contribution in [2.24, 2.45) is 5.92 Å². The number of nitrogens with zero attached hydrogens (tertiary/aromatic N) is 1. The Hall–Kier alpha value is -1.91. The Labute approximate surface area is 161 Å². The molecule has 0 bridgehead atoms.